The quantitative estimate of drug-likeness (QED) is 0.162. The number of piperidine rings is 1. The van der Waals surface area contributed by atoms with Gasteiger partial charge in [-0.2, -0.15) is 4.31 Å². The number of hydrogen-bond donors (Lipinski definition) is 3. The van der Waals surface area contributed by atoms with Gasteiger partial charge in [-0.15, -0.1) is 11.3 Å². The Morgan fingerprint density at radius 2 is 1.90 bits per heavy atom. The lowest BCUT2D eigenvalue weighted by atomic mass is 10.1. The summed E-state index contributed by atoms with van der Waals surface area (Å²) >= 11 is 7.44. The molecule has 0 spiro atoms. The van der Waals surface area contributed by atoms with E-state index in [9.17, 15) is 23.1 Å². The fourth-order valence-corrected chi connectivity index (χ4v) is 8.05. The third-order valence-electron chi connectivity index (χ3n) is 8.09. The minimum atomic E-state index is -3.70. The number of rotatable bonds is 9. The van der Waals surface area contributed by atoms with Crippen molar-refractivity contribution < 1.29 is 23.1 Å². The summed E-state index contributed by atoms with van der Waals surface area (Å²) in [5, 5.41) is 18.1. The molecule has 0 aliphatic carbocycles. The van der Waals surface area contributed by atoms with Crippen molar-refractivity contribution >= 4 is 61.6 Å². The normalized spacial score (nSPS) is 15.6. The van der Waals surface area contributed by atoms with Crippen LogP contribution in [0, 0.1) is 0 Å². The monoisotopic (exact) mass is 722 g/mol. The minimum Gasteiger partial charge on any atom is -0.465 e. The number of nitrogens with zero attached hydrogens (tertiary/aromatic N) is 6. The number of carbonyl (C=O) groups excluding carboxylic acids is 1. The number of amides is 2. The van der Waals surface area contributed by atoms with E-state index in [0.29, 0.717) is 46.7 Å². The fraction of sp³-hybridized carbons (Fsp3) is 0.303. The molecule has 4 heterocycles. The number of fused-ring (bicyclic) bond motifs is 1. The molecule has 0 unspecified atom stereocenters. The van der Waals surface area contributed by atoms with Crippen LogP contribution < -0.4 is 10.6 Å². The van der Waals surface area contributed by atoms with Gasteiger partial charge in [-0.05, 0) is 76.1 Å². The average molecular weight is 723 g/mol. The summed E-state index contributed by atoms with van der Waals surface area (Å²) in [6, 6.07) is 14.9. The average Bonchev–Trinajstić information content (AvgIpc) is 3.66. The Morgan fingerprint density at radius 3 is 2.63 bits per heavy atom. The van der Waals surface area contributed by atoms with Crippen LogP contribution in [0.1, 0.15) is 33.6 Å². The number of carbonyl (C=O) groups is 2. The van der Waals surface area contributed by atoms with Crippen molar-refractivity contribution in [2.45, 2.75) is 50.1 Å². The summed E-state index contributed by atoms with van der Waals surface area (Å²) in [5.41, 5.74) is 2.40. The first-order chi connectivity index (χ1) is 23.3. The molecule has 6 rings (SSSR count). The van der Waals surface area contributed by atoms with Crippen LogP contribution in [0.2, 0.25) is 5.02 Å². The van der Waals surface area contributed by atoms with Gasteiger partial charge in [0.15, 0.2) is 4.96 Å². The number of hydrogen-bond acceptors (Lipinski definition) is 9. The molecule has 13 nitrogen and oxygen atoms in total. The Labute approximate surface area is 292 Å². The lowest BCUT2D eigenvalue weighted by molar-refractivity contribution is -0.118. The number of halogens is 1. The highest BCUT2D eigenvalue weighted by molar-refractivity contribution is 7.89. The molecular weight excluding hydrogens is 688 g/mol. The number of imidazole rings is 1. The highest BCUT2D eigenvalue weighted by atomic mass is 35.5. The highest BCUT2D eigenvalue weighted by Crippen LogP contribution is 2.35. The molecule has 256 valence electrons. The lowest BCUT2D eigenvalue weighted by Gasteiger charge is -2.32. The maximum atomic E-state index is 13.3. The fourth-order valence-electron chi connectivity index (χ4n) is 5.69. The van der Waals surface area contributed by atoms with E-state index in [1.54, 1.807) is 63.4 Å². The molecule has 1 fully saturated rings. The van der Waals surface area contributed by atoms with E-state index in [1.807, 2.05) is 22.0 Å². The Morgan fingerprint density at radius 1 is 1.12 bits per heavy atom. The molecule has 1 atom stereocenters. The van der Waals surface area contributed by atoms with Crippen LogP contribution in [0.25, 0.3) is 27.6 Å². The first-order valence-electron chi connectivity index (χ1n) is 15.5. The Kier molecular flexibility index (Phi) is 9.62. The van der Waals surface area contributed by atoms with Crippen molar-refractivity contribution in [3.63, 3.8) is 0 Å². The molecule has 0 radical (unpaired) electrons. The van der Waals surface area contributed by atoms with Crippen molar-refractivity contribution in [3.8, 4) is 22.6 Å². The van der Waals surface area contributed by atoms with Crippen LogP contribution in [-0.4, -0.2) is 85.3 Å². The molecule has 3 aromatic heterocycles. The summed E-state index contributed by atoms with van der Waals surface area (Å²) in [6.07, 6.45) is 3.78. The molecule has 3 N–H and O–H groups in total. The second-order valence-electron chi connectivity index (χ2n) is 12.6. The largest absolute Gasteiger partial charge is 0.465 e. The number of thiazole rings is 1. The standard InChI is InChI=1S/C33H35ClN8O5S2/c1-33(2,3)42(32(44)45)20-27(43)36-23-7-4-6-21(18-23)28-29(41-16-17-48-31(41)39-28)26-13-14-35-30(38-26)37-24-8-5-15-40(19-24)49(46,47)25-11-9-22(34)10-12-25/h4,6-7,9-14,16-18,24H,5,8,15,19-20H2,1-3H3,(H,36,43)(H,44,45)(H,35,37,38)/t24-/m1/s1. The zero-order valence-electron chi connectivity index (χ0n) is 27.0. The third kappa shape index (κ3) is 7.54. The Hall–Kier alpha value is -4.57. The van der Waals surface area contributed by atoms with E-state index in [2.05, 4.69) is 15.6 Å². The lowest BCUT2D eigenvalue weighted by Crippen LogP contribution is -2.48. The van der Waals surface area contributed by atoms with Crippen LogP contribution >= 0.6 is 22.9 Å². The summed E-state index contributed by atoms with van der Waals surface area (Å²) < 4.78 is 30.1. The second kappa shape index (κ2) is 13.7. The third-order valence-corrected chi connectivity index (χ3v) is 11.0. The molecule has 2 amide bonds. The van der Waals surface area contributed by atoms with Gasteiger partial charge in [0.1, 0.15) is 12.2 Å². The van der Waals surface area contributed by atoms with Crippen molar-refractivity contribution in [3.05, 3.63) is 77.4 Å². The van der Waals surface area contributed by atoms with Gasteiger partial charge in [-0.25, -0.2) is 28.2 Å². The van der Waals surface area contributed by atoms with Crippen molar-refractivity contribution in [1.82, 2.24) is 28.6 Å². The Bertz CT molecular complexity index is 2110. The highest BCUT2D eigenvalue weighted by Gasteiger charge is 2.31. The van der Waals surface area contributed by atoms with Gasteiger partial charge in [0.25, 0.3) is 0 Å². The van der Waals surface area contributed by atoms with Gasteiger partial charge in [-0.1, -0.05) is 23.7 Å². The summed E-state index contributed by atoms with van der Waals surface area (Å²) in [5.74, 6) is -0.110. The zero-order chi connectivity index (χ0) is 34.9. The first kappa shape index (κ1) is 34.3. The van der Waals surface area contributed by atoms with Crippen LogP contribution in [0.4, 0.5) is 16.4 Å². The topological polar surface area (TPSA) is 162 Å². The predicted octanol–water partition coefficient (Wildman–Crippen LogP) is 6.16. The molecule has 1 saturated heterocycles. The van der Waals surface area contributed by atoms with E-state index in [1.165, 1.54) is 27.8 Å². The summed E-state index contributed by atoms with van der Waals surface area (Å²) in [4.78, 5) is 40.8. The van der Waals surface area contributed by atoms with Gasteiger partial charge in [-0.3, -0.25) is 14.1 Å². The molecular formula is C33H35ClN8O5S2. The van der Waals surface area contributed by atoms with Gasteiger partial charge in [0, 0.05) is 58.7 Å². The summed E-state index contributed by atoms with van der Waals surface area (Å²) in [7, 11) is -3.70. The molecule has 2 aromatic carbocycles. The number of nitrogens with one attached hydrogen (secondary N) is 2. The van der Waals surface area contributed by atoms with E-state index >= 15 is 0 Å². The van der Waals surface area contributed by atoms with E-state index in [0.717, 1.165) is 21.8 Å². The first-order valence-corrected chi connectivity index (χ1v) is 18.2. The predicted molar refractivity (Wildman–Crippen MR) is 189 cm³/mol. The van der Waals surface area contributed by atoms with Gasteiger partial charge < -0.3 is 15.7 Å². The van der Waals surface area contributed by atoms with Crippen LogP contribution in [0.3, 0.4) is 0 Å². The van der Waals surface area contributed by atoms with Crippen molar-refractivity contribution in [1.29, 1.82) is 0 Å². The van der Waals surface area contributed by atoms with E-state index < -0.39 is 27.6 Å². The SMILES string of the molecule is CC(C)(C)N(CC(=O)Nc1cccc(-c2nc3sccn3c2-c2ccnc(N[C@@H]3CCCN(S(=O)(=O)c4ccc(Cl)cc4)C3)n2)c1)C(=O)O. The zero-order valence-corrected chi connectivity index (χ0v) is 29.4. The van der Waals surface area contributed by atoms with Gasteiger partial charge in [0.05, 0.1) is 16.3 Å². The van der Waals surface area contributed by atoms with Crippen LogP contribution in [0.5, 0.6) is 0 Å². The van der Waals surface area contributed by atoms with E-state index in [4.69, 9.17) is 21.6 Å². The minimum absolute atomic E-state index is 0.194. The van der Waals surface area contributed by atoms with Crippen LogP contribution in [-0.2, 0) is 14.8 Å². The number of benzene rings is 2. The van der Waals surface area contributed by atoms with Gasteiger partial charge >= 0.3 is 6.09 Å². The smallest absolute Gasteiger partial charge is 0.408 e. The number of carboxylic acid groups (broad SMARTS) is 1. The Balaban J connectivity index is 1.24. The molecule has 49 heavy (non-hydrogen) atoms. The number of anilines is 2. The molecule has 0 bridgehead atoms. The summed E-state index contributed by atoms with van der Waals surface area (Å²) in [6.45, 7) is 5.53. The van der Waals surface area contributed by atoms with E-state index in [-0.39, 0.29) is 24.0 Å². The molecule has 1 aliphatic heterocycles. The van der Waals surface area contributed by atoms with Gasteiger partial charge in [0.2, 0.25) is 21.9 Å². The van der Waals surface area contributed by atoms with Crippen molar-refractivity contribution in [2.24, 2.45) is 0 Å². The molecule has 16 heteroatoms. The molecule has 0 saturated carbocycles. The van der Waals surface area contributed by atoms with Crippen molar-refractivity contribution in [2.75, 3.05) is 30.3 Å². The molecule has 5 aromatic rings. The molecule has 1 aliphatic rings. The number of sulfonamides is 1. The maximum absolute atomic E-state index is 13.3. The second-order valence-corrected chi connectivity index (χ2v) is 15.8. The van der Waals surface area contributed by atoms with Crippen LogP contribution in [0.15, 0.2) is 77.3 Å². The maximum Gasteiger partial charge on any atom is 0.408 e. The number of aromatic nitrogens is 4.